The Labute approximate surface area is 172 Å². The number of carbonyl (C=O) groups is 3. The zero-order chi connectivity index (χ0) is 22.1. The maximum atomic E-state index is 12.1. The van der Waals surface area contributed by atoms with Crippen molar-refractivity contribution in [3.63, 3.8) is 0 Å². The molecule has 0 saturated heterocycles. The van der Waals surface area contributed by atoms with Crippen molar-refractivity contribution < 1.29 is 28.8 Å². The van der Waals surface area contributed by atoms with Gasteiger partial charge in [-0.05, 0) is 44.2 Å². The lowest BCUT2D eigenvalue weighted by Crippen LogP contribution is -2.23. The van der Waals surface area contributed by atoms with Crippen molar-refractivity contribution in [1.29, 1.82) is 0 Å². The molecule has 2 aromatic carbocycles. The topological polar surface area (TPSA) is 137 Å². The summed E-state index contributed by atoms with van der Waals surface area (Å²) in [5.41, 5.74) is 0.263. The molecule has 0 radical (unpaired) electrons. The number of anilines is 1. The molecule has 10 nitrogen and oxygen atoms in total. The Balaban J connectivity index is 1.99. The highest BCUT2D eigenvalue weighted by molar-refractivity contribution is 5.98. The number of nitrogens with one attached hydrogen (secondary N) is 2. The van der Waals surface area contributed by atoms with Crippen molar-refractivity contribution in [2.45, 2.75) is 13.8 Å². The molecular weight excluding hydrogens is 394 g/mol. The van der Waals surface area contributed by atoms with Gasteiger partial charge in [0.2, 0.25) is 0 Å². The van der Waals surface area contributed by atoms with E-state index in [9.17, 15) is 24.5 Å². The second-order valence-corrected chi connectivity index (χ2v) is 5.94. The minimum atomic E-state index is -0.896. The SMILES string of the molecule is CCNC(=O)c1cccc(NC(=O)COC(=O)c2ccc(OCC)c([N+](=O)[O-])c2)c1. The molecule has 0 aliphatic carbocycles. The van der Waals surface area contributed by atoms with Crippen LogP contribution < -0.4 is 15.4 Å². The first-order valence-electron chi connectivity index (χ1n) is 9.12. The summed E-state index contributed by atoms with van der Waals surface area (Å²) < 4.78 is 10.1. The first-order chi connectivity index (χ1) is 14.3. The van der Waals surface area contributed by atoms with Crippen LogP contribution in [0.2, 0.25) is 0 Å². The molecular formula is C20H21N3O7. The summed E-state index contributed by atoms with van der Waals surface area (Å²) in [5.74, 6) is -1.77. The Kier molecular flexibility index (Phi) is 7.86. The molecule has 0 aromatic heterocycles. The highest BCUT2D eigenvalue weighted by Crippen LogP contribution is 2.28. The number of benzene rings is 2. The van der Waals surface area contributed by atoms with Gasteiger partial charge < -0.3 is 20.1 Å². The van der Waals surface area contributed by atoms with Crippen molar-refractivity contribution in [3.05, 3.63) is 63.7 Å². The molecule has 2 aromatic rings. The van der Waals surface area contributed by atoms with E-state index in [0.29, 0.717) is 17.8 Å². The van der Waals surface area contributed by atoms with Crippen LogP contribution in [0.5, 0.6) is 5.75 Å². The third-order valence-electron chi connectivity index (χ3n) is 3.77. The number of rotatable bonds is 9. The van der Waals surface area contributed by atoms with Gasteiger partial charge in [-0.15, -0.1) is 0 Å². The molecule has 0 aliphatic rings. The van der Waals surface area contributed by atoms with Gasteiger partial charge in [-0.3, -0.25) is 19.7 Å². The van der Waals surface area contributed by atoms with Gasteiger partial charge in [0, 0.05) is 23.9 Å². The third kappa shape index (κ3) is 6.03. The predicted octanol–water partition coefficient (Wildman–Crippen LogP) is 2.54. The lowest BCUT2D eigenvalue weighted by molar-refractivity contribution is -0.385. The van der Waals surface area contributed by atoms with Crippen molar-refractivity contribution in [3.8, 4) is 5.75 Å². The first-order valence-corrected chi connectivity index (χ1v) is 9.12. The number of ether oxygens (including phenoxy) is 2. The van der Waals surface area contributed by atoms with Crippen LogP contribution in [0.1, 0.15) is 34.6 Å². The zero-order valence-corrected chi connectivity index (χ0v) is 16.5. The molecule has 0 saturated carbocycles. The zero-order valence-electron chi connectivity index (χ0n) is 16.5. The highest BCUT2D eigenvalue weighted by atomic mass is 16.6. The first kappa shape index (κ1) is 22.3. The van der Waals surface area contributed by atoms with E-state index < -0.39 is 23.4 Å². The lowest BCUT2D eigenvalue weighted by Gasteiger charge is -2.09. The van der Waals surface area contributed by atoms with Crippen LogP contribution in [-0.2, 0) is 9.53 Å². The summed E-state index contributed by atoms with van der Waals surface area (Å²) in [6.45, 7) is 3.56. The average Bonchev–Trinajstić information content (AvgIpc) is 2.72. The van der Waals surface area contributed by atoms with Crippen LogP contribution in [0, 0.1) is 10.1 Å². The van der Waals surface area contributed by atoms with Gasteiger partial charge in [0.1, 0.15) is 0 Å². The molecule has 0 heterocycles. The minimum absolute atomic E-state index is 0.0313. The number of nitro groups is 1. The van der Waals surface area contributed by atoms with Gasteiger partial charge >= 0.3 is 11.7 Å². The molecule has 0 atom stereocenters. The Morgan fingerprint density at radius 2 is 1.83 bits per heavy atom. The standard InChI is InChI=1S/C20H21N3O7/c1-3-21-19(25)13-6-5-7-15(10-13)22-18(24)12-30-20(26)14-8-9-17(29-4-2)16(11-14)23(27)28/h5-11H,3-4,12H2,1-2H3,(H,21,25)(H,22,24). The number of hydrogen-bond donors (Lipinski definition) is 2. The summed E-state index contributed by atoms with van der Waals surface area (Å²) in [5, 5.41) is 16.3. The Hall–Kier alpha value is -3.95. The summed E-state index contributed by atoms with van der Waals surface area (Å²) in [6, 6.07) is 9.91. The van der Waals surface area contributed by atoms with E-state index in [-0.39, 0.29) is 29.5 Å². The molecule has 0 aliphatic heterocycles. The molecule has 0 spiro atoms. The largest absolute Gasteiger partial charge is 0.487 e. The molecule has 10 heteroatoms. The minimum Gasteiger partial charge on any atom is -0.487 e. The highest BCUT2D eigenvalue weighted by Gasteiger charge is 2.20. The molecule has 158 valence electrons. The van der Waals surface area contributed by atoms with Crippen molar-refractivity contribution in [2.75, 3.05) is 25.1 Å². The van der Waals surface area contributed by atoms with Crippen molar-refractivity contribution in [1.82, 2.24) is 5.32 Å². The number of esters is 1. The van der Waals surface area contributed by atoms with E-state index in [1.165, 1.54) is 18.2 Å². The number of nitrogens with zero attached hydrogens (tertiary/aromatic N) is 1. The number of nitro benzene ring substituents is 1. The Bertz CT molecular complexity index is 959. The Morgan fingerprint density at radius 3 is 2.50 bits per heavy atom. The van der Waals surface area contributed by atoms with E-state index >= 15 is 0 Å². The second kappa shape index (κ2) is 10.6. The molecule has 30 heavy (non-hydrogen) atoms. The van der Waals surface area contributed by atoms with E-state index in [0.717, 1.165) is 6.07 Å². The molecule has 0 unspecified atom stereocenters. The monoisotopic (exact) mass is 415 g/mol. The number of amides is 2. The average molecular weight is 415 g/mol. The fourth-order valence-electron chi connectivity index (χ4n) is 2.48. The summed E-state index contributed by atoms with van der Waals surface area (Å²) in [4.78, 5) is 46.5. The van der Waals surface area contributed by atoms with Crippen LogP contribution in [0.4, 0.5) is 11.4 Å². The Morgan fingerprint density at radius 1 is 1.07 bits per heavy atom. The maximum Gasteiger partial charge on any atom is 0.338 e. The second-order valence-electron chi connectivity index (χ2n) is 5.94. The quantitative estimate of drug-likeness (QED) is 0.365. The van der Waals surface area contributed by atoms with Crippen LogP contribution in [0.3, 0.4) is 0 Å². The molecule has 0 bridgehead atoms. The third-order valence-corrected chi connectivity index (χ3v) is 3.77. The smallest absolute Gasteiger partial charge is 0.338 e. The predicted molar refractivity (Wildman–Crippen MR) is 108 cm³/mol. The summed E-state index contributed by atoms with van der Waals surface area (Å²) >= 11 is 0. The van der Waals surface area contributed by atoms with E-state index in [2.05, 4.69) is 10.6 Å². The number of carbonyl (C=O) groups excluding carboxylic acids is 3. The van der Waals surface area contributed by atoms with Gasteiger partial charge in [0.25, 0.3) is 11.8 Å². The van der Waals surface area contributed by atoms with Crippen LogP contribution >= 0.6 is 0 Å². The van der Waals surface area contributed by atoms with Crippen LogP contribution in [-0.4, -0.2) is 42.5 Å². The van der Waals surface area contributed by atoms with E-state index in [4.69, 9.17) is 9.47 Å². The maximum absolute atomic E-state index is 12.1. The molecule has 2 rings (SSSR count). The van der Waals surface area contributed by atoms with Crippen molar-refractivity contribution >= 4 is 29.2 Å². The molecule has 2 N–H and O–H groups in total. The van der Waals surface area contributed by atoms with E-state index in [1.54, 1.807) is 32.0 Å². The van der Waals surface area contributed by atoms with Crippen LogP contribution in [0.15, 0.2) is 42.5 Å². The fourth-order valence-corrected chi connectivity index (χ4v) is 2.48. The van der Waals surface area contributed by atoms with Gasteiger partial charge in [-0.25, -0.2) is 4.79 Å². The number of hydrogen-bond acceptors (Lipinski definition) is 7. The lowest BCUT2D eigenvalue weighted by atomic mass is 10.2. The van der Waals surface area contributed by atoms with Gasteiger partial charge in [0.15, 0.2) is 12.4 Å². The summed E-state index contributed by atoms with van der Waals surface area (Å²) in [6.07, 6.45) is 0. The van der Waals surface area contributed by atoms with Gasteiger partial charge in [0.05, 0.1) is 17.1 Å². The molecule has 2 amide bonds. The molecule has 0 fully saturated rings. The van der Waals surface area contributed by atoms with Crippen molar-refractivity contribution in [2.24, 2.45) is 0 Å². The van der Waals surface area contributed by atoms with Gasteiger partial charge in [-0.1, -0.05) is 6.07 Å². The van der Waals surface area contributed by atoms with Crippen LogP contribution in [0.25, 0.3) is 0 Å². The van der Waals surface area contributed by atoms with E-state index in [1.807, 2.05) is 0 Å². The van der Waals surface area contributed by atoms with Gasteiger partial charge in [-0.2, -0.15) is 0 Å². The fraction of sp³-hybridized carbons (Fsp3) is 0.250. The normalized spacial score (nSPS) is 10.1. The summed E-state index contributed by atoms with van der Waals surface area (Å²) in [7, 11) is 0.